The molecule has 0 saturated heterocycles. The Kier molecular flexibility index (Phi) is 8.88. The van der Waals surface area contributed by atoms with E-state index in [-0.39, 0.29) is 11.9 Å². The van der Waals surface area contributed by atoms with Crippen LogP contribution in [0.2, 0.25) is 0 Å². The summed E-state index contributed by atoms with van der Waals surface area (Å²) in [7, 11) is 1.22. The van der Waals surface area contributed by atoms with Gasteiger partial charge in [0.2, 0.25) is 0 Å². The molecular formula is C33H35FINOS. The van der Waals surface area contributed by atoms with Crippen LogP contribution in [-0.2, 0) is 12.8 Å². The van der Waals surface area contributed by atoms with Crippen molar-refractivity contribution in [2.24, 2.45) is 5.92 Å². The number of anilines is 1. The molecule has 38 heavy (non-hydrogen) atoms. The summed E-state index contributed by atoms with van der Waals surface area (Å²) in [4.78, 5) is 12.1. The van der Waals surface area contributed by atoms with Gasteiger partial charge in [-0.1, -0.05) is 56.7 Å². The second-order valence-corrected chi connectivity index (χ2v) is 12.4. The van der Waals surface area contributed by atoms with Crippen LogP contribution in [0.15, 0.2) is 65.1 Å². The van der Waals surface area contributed by atoms with Gasteiger partial charge in [-0.3, -0.25) is 4.79 Å². The molecule has 0 aliphatic heterocycles. The van der Waals surface area contributed by atoms with Crippen molar-refractivity contribution in [1.29, 1.82) is 0 Å². The maximum atomic E-state index is 15.0. The van der Waals surface area contributed by atoms with Gasteiger partial charge in [0.1, 0.15) is 5.82 Å². The van der Waals surface area contributed by atoms with Crippen molar-refractivity contribution in [3.05, 3.63) is 99.4 Å². The van der Waals surface area contributed by atoms with E-state index in [1.165, 1.54) is 42.3 Å². The van der Waals surface area contributed by atoms with E-state index in [1.807, 2.05) is 21.2 Å². The zero-order valence-electron chi connectivity index (χ0n) is 23.0. The van der Waals surface area contributed by atoms with Crippen molar-refractivity contribution in [2.75, 3.05) is 5.32 Å². The lowest BCUT2D eigenvalue weighted by atomic mass is 9.76. The molecule has 0 aromatic heterocycles. The van der Waals surface area contributed by atoms with Gasteiger partial charge in [-0.2, -0.15) is 0 Å². The second-order valence-electron chi connectivity index (χ2n) is 10.5. The van der Waals surface area contributed by atoms with Crippen LogP contribution >= 0.6 is 30.1 Å². The van der Waals surface area contributed by atoms with Gasteiger partial charge < -0.3 is 5.32 Å². The summed E-state index contributed by atoms with van der Waals surface area (Å²) < 4.78 is 15.0. The Labute approximate surface area is 242 Å². The van der Waals surface area contributed by atoms with E-state index < -0.39 is 0 Å². The molecule has 0 fully saturated rings. The summed E-state index contributed by atoms with van der Waals surface area (Å²) in [6, 6.07) is 14.2. The maximum Gasteiger partial charge on any atom is 0.151 e. The highest BCUT2D eigenvalue weighted by atomic mass is 127. The summed E-state index contributed by atoms with van der Waals surface area (Å²) >= 11 is 2.02. The predicted molar refractivity (Wildman–Crippen MR) is 170 cm³/mol. The highest BCUT2D eigenvalue weighted by molar-refractivity contribution is 14.2. The topological polar surface area (TPSA) is 29.1 Å². The second kappa shape index (κ2) is 11.8. The average molecular weight is 640 g/mol. The number of hydrogen-bond acceptors (Lipinski definition) is 3. The van der Waals surface area contributed by atoms with Crippen LogP contribution in [0.1, 0.15) is 78.8 Å². The smallest absolute Gasteiger partial charge is 0.151 e. The van der Waals surface area contributed by atoms with Gasteiger partial charge in [0, 0.05) is 44.1 Å². The summed E-state index contributed by atoms with van der Waals surface area (Å²) in [5.41, 5.74) is 12.9. The molecule has 0 radical (unpaired) electrons. The number of aldehydes is 1. The number of carbonyl (C=O) groups excluding carboxylic acids is 1. The molecule has 1 aliphatic carbocycles. The maximum absolute atomic E-state index is 15.0. The lowest BCUT2D eigenvalue weighted by molar-refractivity contribution is 0.112. The highest BCUT2D eigenvalue weighted by Gasteiger charge is 2.25. The quantitative estimate of drug-likeness (QED) is 0.197. The number of fused-ring (bicyclic) bond motifs is 1. The molecule has 3 aromatic rings. The Morgan fingerprint density at radius 1 is 1.11 bits per heavy atom. The number of aryl methyl sites for hydroxylation is 2. The van der Waals surface area contributed by atoms with Crippen LogP contribution < -0.4 is 5.32 Å². The monoisotopic (exact) mass is 639 g/mol. The number of allylic oxidation sites excluding steroid dienone is 3. The molecule has 0 bridgehead atoms. The normalized spacial score (nSPS) is 14.1. The van der Waals surface area contributed by atoms with Crippen LogP contribution in [0, 0.1) is 18.7 Å². The van der Waals surface area contributed by atoms with Gasteiger partial charge >= 0.3 is 0 Å². The first-order valence-electron chi connectivity index (χ1n) is 13.1. The molecule has 0 saturated carbocycles. The Hall–Kier alpha value is -2.38. The minimum absolute atomic E-state index is 0.00839. The predicted octanol–water partition coefficient (Wildman–Crippen LogP) is 10.3. The van der Waals surface area contributed by atoms with Crippen LogP contribution in [0.4, 0.5) is 10.1 Å². The van der Waals surface area contributed by atoms with Crippen LogP contribution in [0.3, 0.4) is 0 Å². The third kappa shape index (κ3) is 5.50. The zero-order chi connectivity index (χ0) is 27.7. The Balaban J connectivity index is 1.80. The van der Waals surface area contributed by atoms with Crippen molar-refractivity contribution in [3.63, 3.8) is 0 Å². The third-order valence-corrected chi connectivity index (χ3v) is 9.58. The minimum atomic E-state index is -0.375. The first kappa shape index (κ1) is 28.6. The van der Waals surface area contributed by atoms with E-state index in [9.17, 15) is 4.79 Å². The van der Waals surface area contributed by atoms with Crippen molar-refractivity contribution >= 4 is 47.7 Å². The number of nitrogens with one attached hydrogen (secondary N) is 1. The van der Waals surface area contributed by atoms with Crippen molar-refractivity contribution in [1.82, 2.24) is 0 Å². The molecule has 0 heterocycles. The van der Waals surface area contributed by atoms with Gasteiger partial charge in [-0.25, -0.2) is 4.39 Å². The number of benzene rings is 3. The Bertz CT molecular complexity index is 1460. The molecule has 5 heteroatoms. The van der Waals surface area contributed by atoms with E-state index in [4.69, 9.17) is 0 Å². The first-order chi connectivity index (χ1) is 18.1. The van der Waals surface area contributed by atoms with Crippen molar-refractivity contribution in [3.8, 4) is 11.1 Å². The molecule has 2 nitrogen and oxygen atoms in total. The van der Waals surface area contributed by atoms with Crippen LogP contribution in [0.25, 0.3) is 16.7 Å². The molecule has 198 valence electrons. The van der Waals surface area contributed by atoms with E-state index in [0.717, 1.165) is 41.5 Å². The van der Waals surface area contributed by atoms with Crippen LogP contribution in [-0.4, -0.2) is 6.29 Å². The van der Waals surface area contributed by atoms with E-state index >= 15 is 4.39 Å². The van der Waals surface area contributed by atoms with Gasteiger partial charge in [0.25, 0.3) is 0 Å². The number of carbonyl (C=O) groups is 1. The molecule has 1 N–H and O–H groups in total. The van der Waals surface area contributed by atoms with Crippen molar-refractivity contribution in [2.45, 2.75) is 65.3 Å². The van der Waals surface area contributed by atoms with Crippen molar-refractivity contribution < 1.29 is 9.18 Å². The van der Waals surface area contributed by atoms with Gasteiger partial charge in [-0.05, 0) is 112 Å². The molecule has 0 spiro atoms. The molecular weight excluding hydrogens is 604 g/mol. The lowest BCUT2D eigenvalue weighted by Gasteiger charge is -2.30. The average Bonchev–Trinajstić information content (AvgIpc) is 2.89. The fourth-order valence-electron chi connectivity index (χ4n) is 5.48. The first-order valence-corrected chi connectivity index (χ1v) is 16.4. The largest absolute Gasteiger partial charge is 0.378 e. The van der Waals surface area contributed by atoms with E-state index in [0.29, 0.717) is 21.9 Å². The molecule has 4 rings (SSSR count). The zero-order valence-corrected chi connectivity index (χ0v) is 25.9. The summed E-state index contributed by atoms with van der Waals surface area (Å²) in [5.74, 6) is 0.0793. The number of hydrogen-bond donors (Lipinski definition) is 1. The van der Waals surface area contributed by atoms with Gasteiger partial charge in [0.05, 0.1) is 4.90 Å². The van der Waals surface area contributed by atoms with Gasteiger partial charge in [0.15, 0.2) is 6.29 Å². The number of halogens is 2. The minimum Gasteiger partial charge on any atom is -0.378 e. The Morgan fingerprint density at radius 3 is 2.47 bits per heavy atom. The van der Waals surface area contributed by atoms with E-state index in [2.05, 4.69) is 83.8 Å². The number of rotatable bonds is 8. The summed E-state index contributed by atoms with van der Waals surface area (Å²) in [6.07, 6.45) is 2.52. The summed E-state index contributed by atoms with van der Waals surface area (Å²) in [6.45, 7) is 17.6. The molecule has 1 atom stereocenters. The summed E-state index contributed by atoms with van der Waals surface area (Å²) in [5, 5.41) is 3.75. The molecule has 1 aliphatic rings. The molecule has 1 unspecified atom stereocenters. The lowest BCUT2D eigenvalue weighted by Crippen LogP contribution is -2.17. The fourth-order valence-corrected chi connectivity index (χ4v) is 7.20. The highest BCUT2D eigenvalue weighted by Crippen LogP contribution is 2.42. The fraction of sp³-hybridized carbons (Fsp3) is 0.303. The third-order valence-electron chi connectivity index (χ3n) is 7.67. The molecule has 3 aromatic carbocycles. The van der Waals surface area contributed by atoms with E-state index in [1.54, 1.807) is 12.1 Å². The Morgan fingerprint density at radius 2 is 1.84 bits per heavy atom. The van der Waals surface area contributed by atoms with Gasteiger partial charge in [-0.15, -0.1) is 0 Å². The standard InChI is InChI=1S/C33H35FINOS/c1-8-23-9-10-32(29(13-23)24-14-25(17-37)33(38-35)31(34)15-24)36-22(7)28-12-19(4)11-27-21(6)20(5)26(18(2)3)16-30(27)28/h9-15,17-18,22,36H,6,8,16H2,1-5,7H3. The van der Waals surface area contributed by atoms with Crippen LogP contribution in [0.5, 0.6) is 0 Å². The molecule has 0 amide bonds. The SMILES string of the molecule is C=C1C(C)=C(C(C)C)Cc2c1cc(C)cc2C(C)Nc1ccc(CC)cc1-c1cc(F)c(SI)c(C=O)c1.